The third-order valence-corrected chi connectivity index (χ3v) is 5.27. The standard InChI is InChI=1S/C20H19BrN8O4/c1-9(30)32-3-4-33-14-6-12(21)10(5-13(14)31-2)17-15-16(24)11(7-22)18(25)28-19(15)29-20(27-17)26-8-23/h5-6,17H,3-4H2,1-2H3,(H6,24,25,26,27,28,29). The van der Waals surface area contributed by atoms with Crippen LogP contribution in [-0.2, 0) is 9.53 Å². The van der Waals surface area contributed by atoms with Gasteiger partial charge in [-0.2, -0.15) is 10.5 Å². The summed E-state index contributed by atoms with van der Waals surface area (Å²) >= 11 is 3.52. The molecule has 0 fully saturated rings. The van der Waals surface area contributed by atoms with Crippen molar-refractivity contribution in [3.63, 3.8) is 0 Å². The average molecular weight is 515 g/mol. The van der Waals surface area contributed by atoms with Crippen LogP contribution in [0.4, 0.5) is 17.3 Å². The van der Waals surface area contributed by atoms with E-state index in [-0.39, 0.29) is 42.1 Å². The molecule has 3 rings (SSSR count). The Hall–Kier alpha value is -4.23. The summed E-state index contributed by atoms with van der Waals surface area (Å²) in [5.74, 6) is 0.702. The number of hydrogen-bond donors (Lipinski definition) is 4. The Morgan fingerprint density at radius 2 is 2.06 bits per heavy atom. The Kier molecular flexibility index (Phi) is 7.05. The highest BCUT2D eigenvalue weighted by Gasteiger charge is 2.31. The second kappa shape index (κ2) is 9.93. The van der Waals surface area contributed by atoms with Gasteiger partial charge in [-0.05, 0) is 17.7 Å². The van der Waals surface area contributed by atoms with Crippen molar-refractivity contribution in [3.8, 4) is 23.8 Å². The molecule has 0 radical (unpaired) electrons. The molecular weight excluding hydrogens is 496 g/mol. The molecule has 12 nitrogen and oxygen atoms in total. The number of benzene rings is 1. The monoisotopic (exact) mass is 514 g/mol. The van der Waals surface area contributed by atoms with Gasteiger partial charge in [0.05, 0.1) is 12.8 Å². The average Bonchev–Trinajstić information content (AvgIpc) is 2.76. The van der Waals surface area contributed by atoms with E-state index in [0.29, 0.717) is 27.1 Å². The first kappa shape index (κ1) is 23.4. The number of ether oxygens (including phenoxy) is 3. The number of guanidine groups is 1. The second-order valence-electron chi connectivity index (χ2n) is 6.61. The molecule has 0 aliphatic carbocycles. The Morgan fingerprint density at radius 3 is 2.70 bits per heavy atom. The van der Waals surface area contributed by atoms with E-state index >= 15 is 0 Å². The fourth-order valence-electron chi connectivity index (χ4n) is 3.18. The molecule has 1 aromatic heterocycles. The van der Waals surface area contributed by atoms with E-state index < -0.39 is 12.0 Å². The largest absolute Gasteiger partial charge is 0.493 e. The van der Waals surface area contributed by atoms with Crippen molar-refractivity contribution in [1.29, 1.82) is 10.5 Å². The van der Waals surface area contributed by atoms with Gasteiger partial charge in [-0.3, -0.25) is 10.1 Å². The van der Waals surface area contributed by atoms with Gasteiger partial charge in [0.15, 0.2) is 17.7 Å². The first-order valence-electron chi connectivity index (χ1n) is 9.43. The molecule has 33 heavy (non-hydrogen) atoms. The van der Waals surface area contributed by atoms with Crippen molar-refractivity contribution in [2.75, 3.05) is 37.1 Å². The van der Waals surface area contributed by atoms with Crippen LogP contribution in [0.5, 0.6) is 11.5 Å². The number of nitrogens with zero attached hydrogens (tertiary/aromatic N) is 4. The number of aromatic nitrogens is 1. The molecule has 1 aromatic carbocycles. The minimum atomic E-state index is -0.768. The van der Waals surface area contributed by atoms with Crippen LogP contribution in [0.15, 0.2) is 21.6 Å². The van der Waals surface area contributed by atoms with Crippen LogP contribution in [0.2, 0.25) is 0 Å². The van der Waals surface area contributed by atoms with Gasteiger partial charge in [0.1, 0.15) is 42.5 Å². The number of methoxy groups -OCH3 is 1. The van der Waals surface area contributed by atoms with Gasteiger partial charge in [-0.15, -0.1) is 0 Å². The molecule has 1 unspecified atom stereocenters. The molecule has 0 saturated heterocycles. The first-order valence-corrected chi connectivity index (χ1v) is 10.2. The van der Waals surface area contributed by atoms with E-state index in [9.17, 15) is 10.1 Å². The number of carbonyl (C=O) groups excluding carboxylic acids is 1. The number of nitriles is 2. The van der Waals surface area contributed by atoms with Crippen LogP contribution < -0.4 is 31.6 Å². The highest BCUT2D eigenvalue weighted by molar-refractivity contribution is 9.10. The summed E-state index contributed by atoms with van der Waals surface area (Å²) in [6.45, 7) is 1.51. The van der Waals surface area contributed by atoms with E-state index in [0.717, 1.165) is 0 Å². The molecule has 1 aliphatic heterocycles. The number of fused-ring (bicyclic) bond motifs is 1. The Bertz CT molecular complexity index is 1220. The number of rotatable bonds is 6. The molecule has 2 aromatic rings. The minimum absolute atomic E-state index is 0.0287. The molecule has 0 amide bonds. The molecule has 2 heterocycles. The second-order valence-corrected chi connectivity index (χ2v) is 7.47. The van der Waals surface area contributed by atoms with Crippen LogP contribution in [0.3, 0.4) is 0 Å². The molecule has 6 N–H and O–H groups in total. The fourth-order valence-corrected chi connectivity index (χ4v) is 3.71. The van der Waals surface area contributed by atoms with Gasteiger partial charge in [0.2, 0.25) is 5.96 Å². The summed E-state index contributed by atoms with van der Waals surface area (Å²) in [4.78, 5) is 19.7. The van der Waals surface area contributed by atoms with E-state index in [1.165, 1.54) is 14.0 Å². The van der Waals surface area contributed by atoms with Gasteiger partial charge < -0.3 is 31.0 Å². The predicted octanol–water partition coefficient (Wildman–Crippen LogP) is 1.77. The van der Waals surface area contributed by atoms with Crippen LogP contribution >= 0.6 is 15.9 Å². The van der Waals surface area contributed by atoms with Gasteiger partial charge in [0, 0.05) is 17.0 Å². The first-order chi connectivity index (χ1) is 15.8. The van der Waals surface area contributed by atoms with Crippen LogP contribution in [0.1, 0.15) is 29.7 Å². The zero-order chi connectivity index (χ0) is 24.1. The minimum Gasteiger partial charge on any atom is -0.493 e. The predicted molar refractivity (Wildman–Crippen MR) is 122 cm³/mol. The zero-order valence-corrected chi connectivity index (χ0v) is 19.2. The lowest BCUT2D eigenvalue weighted by molar-refractivity contribution is -0.141. The summed E-state index contributed by atoms with van der Waals surface area (Å²) in [5.41, 5.74) is 13.3. The smallest absolute Gasteiger partial charge is 0.302 e. The molecule has 0 saturated carbocycles. The third kappa shape index (κ3) is 4.83. The summed E-state index contributed by atoms with van der Waals surface area (Å²) in [6.07, 6.45) is 1.80. The maximum Gasteiger partial charge on any atom is 0.302 e. The van der Waals surface area contributed by atoms with Gasteiger partial charge >= 0.3 is 5.97 Å². The topological polar surface area (TPSA) is 194 Å². The van der Waals surface area contributed by atoms with E-state index in [4.69, 9.17) is 30.9 Å². The Balaban J connectivity index is 2.09. The van der Waals surface area contributed by atoms with Crippen molar-refractivity contribution in [2.24, 2.45) is 4.99 Å². The normalized spacial score (nSPS) is 14.0. The lowest BCUT2D eigenvalue weighted by atomic mass is 9.95. The molecule has 0 bridgehead atoms. The molecule has 13 heteroatoms. The van der Waals surface area contributed by atoms with Crippen LogP contribution in [0.25, 0.3) is 0 Å². The maximum atomic E-state index is 10.9. The molecule has 170 valence electrons. The van der Waals surface area contributed by atoms with Crippen molar-refractivity contribution < 1.29 is 19.0 Å². The SMILES string of the molecule is COc1cc(C2N=C(NC#N)Nc3nc(N)c(C#N)c(N)c32)c(Br)cc1OCCOC(C)=O. The number of aliphatic imine (C=N–C) groups is 1. The number of nitrogen functional groups attached to an aromatic ring is 2. The molecule has 0 spiro atoms. The number of halogens is 1. The number of pyridine rings is 1. The highest BCUT2D eigenvalue weighted by Crippen LogP contribution is 2.45. The fraction of sp³-hybridized carbons (Fsp3) is 0.250. The van der Waals surface area contributed by atoms with Crippen molar-refractivity contribution in [1.82, 2.24) is 10.3 Å². The van der Waals surface area contributed by atoms with E-state index in [1.807, 2.05) is 6.07 Å². The Labute approximate surface area is 197 Å². The molecule has 1 aliphatic rings. The lowest BCUT2D eigenvalue weighted by Crippen LogP contribution is -2.32. The van der Waals surface area contributed by atoms with Crippen molar-refractivity contribution >= 4 is 45.2 Å². The van der Waals surface area contributed by atoms with Crippen LogP contribution in [-0.4, -0.2) is 37.2 Å². The van der Waals surface area contributed by atoms with Gasteiger partial charge in [-0.1, -0.05) is 15.9 Å². The van der Waals surface area contributed by atoms with Crippen molar-refractivity contribution in [2.45, 2.75) is 13.0 Å². The molecule has 1 atom stereocenters. The lowest BCUT2D eigenvalue weighted by Gasteiger charge is -2.27. The third-order valence-electron chi connectivity index (χ3n) is 4.58. The number of carbonyl (C=O) groups is 1. The number of nitrogens with two attached hydrogens (primary N) is 2. The summed E-state index contributed by atoms with van der Waals surface area (Å²) in [7, 11) is 1.47. The number of esters is 1. The molecular formula is C20H19BrN8O4. The van der Waals surface area contributed by atoms with Gasteiger partial charge in [0.25, 0.3) is 0 Å². The highest BCUT2D eigenvalue weighted by atomic mass is 79.9. The number of hydrogen-bond acceptors (Lipinski definition) is 12. The quantitative estimate of drug-likeness (QED) is 0.190. The zero-order valence-electron chi connectivity index (χ0n) is 17.6. The van der Waals surface area contributed by atoms with E-state index in [1.54, 1.807) is 18.3 Å². The number of nitrogens with one attached hydrogen (secondary N) is 2. The van der Waals surface area contributed by atoms with Crippen molar-refractivity contribution in [3.05, 3.63) is 33.3 Å². The Morgan fingerprint density at radius 1 is 1.30 bits per heavy atom. The van der Waals surface area contributed by atoms with Gasteiger partial charge in [-0.25, -0.2) is 9.98 Å². The van der Waals surface area contributed by atoms with E-state index in [2.05, 4.69) is 36.5 Å². The van der Waals surface area contributed by atoms with Crippen LogP contribution in [0, 0.1) is 22.8 Å². The summed E-state index contributed by atoms with van der Waals surface area (Å²) in [6, 6.07) is 4.54. The summed E-state index contributed by atoms with van der Waals surface area (Å²) in [5, 5.41) is 23.8. The summed E-state index contributed by atoms with van der Waals surface area (Å²) < 4.78 is 16.6. The number of anilines is 3. The maximum absolute atomic E-state index is 10.9.